The van der Waals surface area contributed by atoms with Crippen molar-refractivity contribution in [3.05, 3.63) is 65.7 Å². The predicted molar refractivity (Wildman–Crippen MR) is 113 cm³/mol. The van der Waals surface area contributed by atoms with Gasteiger partial charge in [-0.1, -0.05) is 44.2 Å². The third-order valence-electron chi connectivity index (χ3n) is 4.39. The Hall–Kier alpha value is -3.15. The van der Waals surface area contributed by atoms with Crippen LogP contribution in [0.4, 0.5) is 5.69 Å². The number of ether oxygens (including phenoxy) is 1. The first-order valence-electron chi connectivity index (χ1n) is 9.80. The molecule has 0 aliphatic rings. The summed E-state index contributed by atoms with van der Waals surface area (Å²) in [5, 5.41) is 5.59. The van der Waals surface area contributed by atoms with E-state index in [1.54, 1.807) is 31.2 Å². The van der Waals surface area contributed by atoms with Crippen LogP contribution in [0.1, 0.15) is 36.7 Å². The summed E-state index contributed by atoms with van der Waals surface area (Å²) in [7, 11) is 0. The number of nitrogens with one attached hydrogen (secondary N) is 2. The van der Waals surface area contributed by atoms with Crippen molar-refractivity contribution in [2.75, 3.05) is 18.5 Å². The van der Waals surface area contributed by atoms with Crippen molar-refractivity contribution in [2.24, 2.45) is 11.8 Å². The fourth-order valence-corrected chi connectivity index (χ4v) is 2.71. The van der Waals surface area contributed by atoms with Gasteiger partial charge in [0, 0.05) is 23.7 Å². The molecule has 0 aliphatic heterocycles. The minimum absolute atomic E-state index is 0.0830. The number of carbonyl (C=O) groups excluding carboxylic acids is 3. The second kappa shape index (κ2) is 11.0. The normalized spacial score (nSPS) is 11.6. The lowest BCUT2D eigenvalue weighted by Crippen LogP contribution is -2.35. The lowest BCUT2D eigenvalue weighted by Gasteiger charge is -2.16. The van der Waals surface area contributed by atoms with E-state index in [0.29, 0.717) is 24.3 Å². The van der Waals surface area contributed by atoms with Crippen LogP contribution in [0.15, 0.2) is 54.6 Å². The van der Waals surface area contributed by atoms with E-state index in [4.69, 9.17) is 4.74 Å². The number of amides is 2. The summed E-state index contributed by atoms with van der Waals surface area (Å²) in [5.41, 5.74) is 2.09. The first-order valence-corrected chi connectivity index (χ1v) is 9.80. The average Bonchev–Trinajstić information content (AvgIpc) is 2.72. The Morgan fingerprint density at radius 2 is 1.62 bits per heavy atom. The smallest absolute Gasteiger partial charge is 0.311 e. The molecule has 0 aromatic heterocycles. The van der Waals surface area contributed by atoms with E-state index in [2.05, 4.69) is 10.6 Å². The Labute approximate surface area is 171 Å². The maximum atomic E-state index is 12.5. The van der Waals surface area contributed by atoms with Crippen LogP contribution in [0.2, 0.25) is 0 Å². The van der Waals surface area contributed by atoms with E-state index in [9.17, 15) is 14.4 Å². The number of anilines is 1. The summed E-state index contributed by atoms with van der Waals surface area (Å²) in [5.74, 6) is -1.29. The average molecular weight is 396 g/mol. The molecule has 1 unspecified atom stereocenters. The molecule has 0 aliphatic carbocycles. The first kappa shape index (κ1) is 22.1. The molecule has 6 heteroatoms. The second-order valence-electron chi connectivity index (χ2n) is 7.07. The molecule has 2 aromatic carbocycles. The highest BCUT2D eigenvalue weighted by atomic mass is 16.5. The Bertz CT molecular complexity index is 817. The molecule has 29 heavy (non-hydrogen) atoms. The highest BCUT2D eigenvalue weighted by Crippen LogP contribution is 2.13. The molecule has 0 saturated heterocycles. The quantitative estimate of drug-likeness (QED) is 0.636. The van der Waals surface area contributed by atoms with Crippen LogP contribution in [0.25, 0.3) is 0 Å². The van der Waals surface area contributed by atoms with Crippen molar-refractivity contribution in [2.45, 2.75) is 27.2 Å². The number of esters is 1. The highest BCUT2D eigenvalue weighted by Gasteiger charge is 2.21. The van der Waals surface area contributed by atoms with Gasteiger partial charge >= 0.3 is 5.97 Å². The summed E-state index contributed by atoms with van der Waals surface area (Å²) in [6.07, 6.45) is 0.486. The Morgan fingerprint density at radius 3 is 2.21 bits per heavy atom. The molecule has 0 fully saturated rings. The van der Waals surface area contributed by atoms with Crippen LogP contribution >= 0.6 is 0 Å². The number of carbonyl (C=O) groups is 3. The van der Waals surface area contributed by atoms with Crippen LogP contribution in [0.3, 0.4) is 0 Å². The van der Waals surface area contributed by atoms with Gasteiger partial charge in [0.05, 0.1) is 12.5 Å². The summed E-state index contributed by atoms with van der Waals surface area (Å²) >= 11 is 0. The van der Waals surface area contributed by atoms with Crippen LogP contribution in [0, 0.1) is 11.8 Å². The van der Waals surface area contributed by atoms with Gasteiger partial charge in [0.2, 0.25) is 5.91 Å². The number of benzene rings is 2. The van der Waals surface area contributed by atoms with E-state index in [-0.39, 0.29) is 30.2 Å². The molecule has 0 heterocycles. The van der Waals surface area contributed by atoms with Crippen molar-refractivity contribution in [3.63, 3.8) is 0 Å². The molecule has 0 bridgehead atoms. The Balaban J connectivity index is 1.98. The first-order chi connectivity index (χ1) is 13.9. The molecule has 6 nitrogen and oxygen atoms in total. The van der Waals surface area contributed by atoms with Crippen LogP contribution in [-0.2, 0) is 20.7 Å². The third kappa shape index (κ3) is 7.07. The summed E-state index contributed by atoms with van der Waals surface area (Å²) in [4.78, 5) is 36.5. The molecule has 2 amide bonds. The zero-order valence-corrected chi connectivity index (χ0v) is 17.1. The van der Waals surface area contributed by atoms with Crippen molar-refractivity contribution in [1.29, 1.82) is 0 Å². The number of hydrogen-bond donors (Lipinski definition) is 2. The third-order valence-corrected chi connectivity index (χ3v) is 4.39. The molecule has 154 valence electrons. The van der Waals surface area contributed by atoms with Gasteiger partial charge in [-0.25, -0.2) is 0 Å². The molecule has 2 aromatic rings. The predicted octanol–water partition coefficient (Wildman–Crippen LogP) is 3.43. The Morgan fingerprint density at radius 1 is 0.966 bits per heavy atom. The Kier molecular flexibility index (Phi) is 8.40. The second-order valence-corrected chi connectivity index (χ2v) is 7.07. The molecule has 0 saturated carbocycles. The maximum absolute atomic E-state index is 12.5. The van der Waals surface area contributed by atoms with Gasteiger partial charge in [-0.05, 0) is 43.2 Å². The lowest BCUT2D eigenvalue weighted by atomic mass is 9.99. The summed E-state index contributed by atoms with van der Waals surface area (Å²) in [6.45, 7) is 5.86. The number of rotatable bonds is 9. The zero-order valence-electron chi connectivity index (χ0n) is 17.1. The van der Waals surface area contributed by atoms with Gasteiger partial charge in [-0.2, -0.15) is 0 Å². The van der Waals surface area contributed by atoms with E-state index < -0.39 is 5.92 Å². The SMILES string of the molecule is CCOC(=O)C(CNC(=O)c1ccc(NC(=O)C(C)C)cc1)Cc1ccccc1. The standard InChI is InChI=1S/C23H28N2O4/c1-4-29-23(28)19(14-17-8-6-5-7-9-17)15-24-22(27)18-10-12-20(13-11-18)25-21(26)16(2)3/h5-13,16,19H,4,14-15H2,1-3H3,(H,24,27)(H,25,26). The molecule has 2 N–H and O–H groups in total. The highest BCUT2D eigenvalue weighted by molar-refractivity contribution is 5.96. The van der Waals surface area contributed by atoms with E-state index >= 15 is 0 Å². The van der Waals surface area contributed by atoms with E-state index in [1.165, 1.54) is 0 Å². The summed E-state index contributed by atoms with van der Waals surface area (Å²) in [6, 6.07) is 16.3. The van der Waals surface area contributed by atoms with Gasteiger partial charge < -0.3 is 15.4 Å². The molecule has 2 rings (SSSR count). The lowest BCUT2D eigenvalue weighted by molar-refractivity contribution is -0.147. The fraction of sp³-hybridized carbons (Fsp3) is 0.348. The monoisotopic (exact) mass is 396 g/mol. The zero-order chi connectivity index (χ0) is 21.2. The van der Waals surface area contributed by atoms with Crippen LogP contribution in [-0.4, -0.2) is 30.9 Å². The largest absolute Gasteiger partial charge is 0.466 e. The van der Waals surface area contributed by atoms with Gasteiger partial charge in [-0.15, -0.1) is 0 Å². The number of hydrogen-bond acceptors (Lipinski definition) is 4. The van der Waals surface area contributed by atoms with E-state index in [1.807, 2.05) is 44.2 Å². The maximum Gasteiger partial charge on any atom is 0.311 e. The summed E-state index contributed by atoms with van der Waals surface area (Å²) < 4.78 is 5.16. The van der Waals surface area contributed by atoms with Crippen molar-refractivity contribution in [1.82, 2.24) is 5.32 Å². The van der Waals surface area contributed by atoms with Gasteiger partial charge in [0.1, 0.15) is 0 Å². The minimum atomic E-state index is -0.467. The fourth-order valence-electron chi connectivity index (χ4n) is 2.71. The van der Waals surface area contributed by atoms with Crippen LogP contribution < -0.4 is 10.6 Å². The molecule has 0 spiro atoms. The van der Waals surface area contributed by atoms with Crippen LogP contribution in [0.5, 0.6) is 0 Å². The van der Waals surface area contributed by atoms with Gasteiger partial charge in [-0.3, -0.25) is 14.4 Å². The van der Waals surface area contributed by atoms with Crippen molar-refractivity contribution >= 4 is 23.5 Å². The molecule has 0 radical (unpaired) electrons. The molecular weight excluding hydrogens is 368 g/mol. The minimum Gasteiger partial charge on any atom is -0.466 e. The van der Waals surface area contributed by atoms with Crippen molar-refractivity contribution in [3.8, 4) is 0 Å². The molecule has 1 atom stereocenters. The van der Waals surface area contributed by atoms with Gasteiger partial charge in [0.15, 0.2) is 0 Å². The molecular formula is C23H28N2O4. The van der Waals surface area contributed by atoms with Gasteiger partial charge in [0.25, 0.3) is 5.91 Å². The van der Waals surface area contributed by atoms with E-state index in [0.717, 1.165) is 5.56 Å². The van der Waals surface area contributed by atoms with Crippen molar-refractivity contribution < 1.29 is 19.1 Å². The topological polar surface area (TPSA) is 84.5 Å².